The normalized spacial score (nSPS) is 23.7. The molecule has 0 N–H and O–H groups in total. The lowest BCUT2D eigenvalue weighted by atomic mass is 9.80. The summed E-state index contributed by atoms with van der Waals surface area (Å²) in [5.74, 6) is 0.868. The molecule has 35 heavy (non-hydrogen) atoms. The van der Waals surface area contributed by atoms with Gasteiger partial charge in [-0.2, -0.15) is 5.10 Å². The zero-order chi connectivity index (χ0) is 24.1. The van der Waals surface area contributed by atoms with Crippen LogP contribution < -0.4 is 4.90 Å². The van der Waals surface area contributed by atoms with Gasteiger partial charge in [0.15, 0.2) is 5.69 Å². The number of piperazine rings is 1. The van der Waals surface area contributed by atoms with Gasteiger partial charge >= 0.3 is 0 Å². The molecule has 7 rings (SSSR count). The number of hydrogen-bond acceptors (Lipinski definition) is 4. The number of aryl methyl sites for hydroxylation is 1. The summed E-state index contributed by atoms with van der Waals surface area (Å²) in [7, 11) is 0. The molecule has 5 aliphatic rings. The number of amides is 2. The molecular weight excluding hydrogens is 438 g/mol. The Morgan fingerprint density at radius 2 is 1.77 bits per heavy atom. The van der Waals surface area contributed by atoms with Gasteiger partial charge in [0.25, 0.3) is 5.91 Å². The Balaban J connectivity index is 1.14. The standard InChI is InChI=1S/C28H37N5O2/c1-19-5-3-7-24(20(19)2)30-13-15-31(16-14-30)26(34)18-33-25-8-4-6-23(25)27(29-33)28(35)32-17-21-9-11-22(32)12-10-21/h3,5,7,21-22H,4,6,8-18H2,1-2H3. The minimum Gasteiger partial charge on any atom is -0.368 e. The molecule has 2 bridgehead atoms. The van der Waals surface area contributed by atoms with E-state index in [0.29, 0.717) is 17.7 Å². The molecule has 3 saturated heterocycles. The Bertz CT molecular complexity index is 1140. The van der Waals surface area contributed by atoms with Crippen LogP contribution in [-0.2, 0) is 24.2 Å². The second-order valence-corrected chi connectivity index (χ2v) is 11.0. The third-order valence-corrected chi connectivity index (χ3v) is 9.02. The van der Waals surface area contributed by atoms with Gasteiger partial charge in [-0.05, 0) is 81.9 Å². The lowest BCUT2D eigenvalue weighted by Gasteiger charge is -2.45. The molecule has 0 spiro atoms. The Morgan fingerprint density at radius 1 is 1.00 bits per heavy atom. The zero-order valence-corrected chi connectivity index (χ0v) is 21.1. The molecule has 1 saturated carbocycles. The largest absolute Gasteiger partial charge is 0.368 e. The average Bonchev–Trinajstić information content (AvgIpc) is 3.50. The molecule has 4 heterocycles. The van der Waals surface area contributed by atoms with Crippen LogP contribution in [0.5, 0.6) is 0 Å². The third kappa shape index (κ3) is 4.03. The van der Waals surface area contributed by atoms with Gasteiger partial charge in [-0.15, -0.1) is 0 Å². The van der Waals surface area contributed by atoms with Gasteiger partial charge in [0, 0.05) is 55.7 Å². The van der Waals surface area contributed by atoms with Crippen molar-refractivity contribution in [3.8, 4) is 0 Å². The SMILES string of the molecule is Cc1cccc(N2CCN(C(=O)Cn3nc(C(=O)N4CC5CCC4CC5)c4c3CCC4)CC2)c1C. The predicted octanol–water partition coefficient (Wildman–Crippen LogP) is 3.35. The first-order chi connectivity index (χ1) is 17.0. The lowest BCUT2D eigenvalue weighted by molar-refractivity contribution is -0.132. The highest BCUT2D eigenvalue weighted by molar-refractivity contribution is 5.94. The predicted molar refractivity (Wildman–Crippen MR) is 136 cm³/mol. The molecule has 3 aliphatic heterocycles. The summed E-state index contributed by atoms with van der Waals surface area (Å²) in [6, 6.07) is 6.82. The molecular formula is C28H37N5O2. The van der Waals surface area contributed by atoms with Crippen molar-refractivity contribution in [2.75, 3.05) is 37.6 Å². The number of anilines is 1. The summed E-state index contributed by atoms with van der Waals surface area (Å²) in [5.41, 5.74) is 6.73. The van der Waals surface area contributed by atoms with Crippen LogP contribution in [0.25, 0.3) is 0 Å². The number of carbonyl (C=O) groups excluding carboxylic acids is 2. The molecule has 0 radical (unpaired) electrons. The number of benzene rings is 1. The smallest absolute Gasteiger partial charge is 0.274 e. The Morgan fingerprint density at radius 3 is 2.49 bits per heavy atom. The van der Waals surface area contributed by atoms with Crippen molar-refractivity contribution in [3.63, 3.8) is 0 Å². The Kier molecular flexibility index (Phi) is 5.81. The van der Waals surface area contributed by atoms with E-state index in [1.54, 1.807) is 0 Å². The number of carbonyl (C=O) groups is 2. The highest BCUT2D eigenvalue weighted by Crippen LogP contribution is 2.36. The van der Waals surface area contributed by atoms with Crippen molar-refractivity contribution in [3.05, 3.63) is 46.3 Å². The highest BCUT2D eigenvalue weighted by Gasteiger charge is 2.39. The maximum absolute atomic E-state index is 13.5. The van der Waals surface area contributed by atoms with Gasteiger partial charge in [0.1, 0.15) is 6.54 Å². The fourth-order valence-corrected chi connectivity index (χ4v) is 6.77. The minimum absolute atomic E-state index is 0.103. The maximum atomic E-state index is 13.5. The summed E-state index contributed by atoms with van der Waals surface area (Å²) in [5, 5.41) is 4.78. The number of piperidine rings is 2. The molecule has 2 amide bonds. The van der Waals surface area contributed by atoms with E-state index in [-0.39, 0.29) is 18.4 Å². The zero-order valence-electron chi connectivity index (χ0n) is 21.1. The summed E-state index contributed by atoms with van der Waals surface area (Å²) in [4.78, 5) is 33.2. The quantitative estimate of drug-likeness (QED) is 0.681. The van der Waals surface area contributed by atoms with E-state index in [9.17, 15) is 9.59 Å². The van der Waals surface area contributed by atoms with E-state index >= 15 is 0 Å². The number of rotatable bonds is 4. The molecule has 0 unspecified atom stereocenters. The minimum atomic E-state index is 0.103. The van der Waals surface area contributed by atoms with Crippen molar-refractivity contribution in [1.82, 2.24) is 19.6 Å². The first kappa shape index (κ1) is 22.6. The first-order valence-corrected chi connectivity index (χ1v) is 13.5. The van der Waals surface area contributed by atoms with Gasteiger partial charge in [-0.25, -0.2) is 0 Å². The number of aromatic nitrogens is 2. The van der Waals surface area contributed by atoms with Crippen molar-refractivity contribution in [2.45, 2.75) is 71.4 Å². The summed E-state index contributed by atoms with van der Waals surface area (Å²) in [6.45, 7) is 8.57. The van der Waals surface area contributed by atoms with Crippen LogP contribution in [0.3, 0.4) is 0 Å². The molecule has 186 valence electrons. The van der Waals surface area contributed by atoms with E-state index in [0.717, 1.165) is 76.1 Å². The molecule has 4 fully saturated rings. The maximum Gasteiger partial charge on any atom is 0.274 e. The lowest BCUT2D eigenvalue weighted by Crippen LogP contribution is -2.51. The molecule has 0 atom stereocenters. The fourth-order valence-electron chi connectivity index (χ4n) is 6.77. The van der Waals surface area contributed by atoms with Gasteiger partial charge in [0.2, 0.25) is 5.91 Å². The van der Waals surface area contributed by atoms with Crippen LogP contribution in [0.15, 0.2) is 18.2 Å². The van der Waals surface area contributed by atoms with Gasteiger partial charge in [0.05, 0.1) is 0 Å². The van der Waals surface area contributed by atoms with Crippen molar-refractivity contribution in [1.29, 1.82) is 0 Å². The summed E-state index contributed by atoms with van der Waals surface area (Å²) >= 11 is 0. The van der Waals surface area contributed by atoms with Crippen LogP contribution in [0.2, 0.25) is 0 Å². The van der Waals surface area contributed by atoms with Crippen molar-refractivity contribution < 1.29 is 9.59 Å². The second kappa shape index (κ2) is 8.99. The van der Waals surface area contributed by atoms with Crippen LogP contribution in [-0.4, -0.2) is 70.2 Å². The van der Waals surface area contributed by atoms with Crippen LogP contribution in [0.4, 0.5) is 5.69 Å². The number of nitrogens with zero attached hydrogens (tertiary/aromatic N) is 5. The van der Waals surface area contributed by atoms with E-state index in [2.05, 4.69) is 41.8 Å². The molecule has 7 nitrogen and oxygen atoms in total. The molecule has 2 aromatic rings. The second-order valence-electron chi connectivity index (χ2n) is 11.0. The Labute approximate surface area is 208 Å². The van der Waals surface area contributed by atoms with Crippen LogP contribution >= 0.6 is 0 Å². The molecule has 1 aromatic carbocycles. The monoisotopic (exact) mass is 475 g/mol. The van der Waals surface area contributed by atoms with Crippen LogP contribution in [0, 0.1) is 19.8 Å². The van der Waals surface area contributed by atoms with Gasteiger partial charge in [-0.1, -0.05) is 12.1 Å². The summed E-state index contributed by atoms with van der Waals surface area (Å²) < 4.78 is 1.86. The highest BCUT2D eigenvalue weighted by atomic mass is 16.2. The van der Waals surface area contributed by atoms with Gasteiger partial charge < -0.3 is 14.7 Å². The van der Waals surface area contributed by atoms with Crippen LogP contribution in [0.1, 0.15) is 65.0 Å². The molecule has 2 aliphatic carbocycles. The third-order valence-electron chi connectivity index (χ3n) is 9.02. The number of fused-ring (bicyclic) bond motifs is 4. The average molecular weight is 476 g/mol. The topological polar surface area (TPSA) is 61.7 Å². The Hall–Kier alpha value is -2.83. The van der Waals surface area contributed by atoms with Crippen molar-refractivity contribution in [2.24, 2.45) is 5.92 Å². The van der Waals surface area contributed by atoms with Gasteiger partial charge in [-0.3, -0.25) is 14.3 Å². The van der Waals surface area contributed by atoms with E-state index in [1.165, 1.54) is 29.7 Å². The number of hydrogen-bond donors (Lipinski definition) is 0. The summed E-state index contributed by atoms with van der Waals surface area (Å²) in [6.07, 6.45) is 7.63. The first-order valence-electron chi connectivity index (χ1n) is 13.5. The fraction of sp³-hybridized carbons (Fsp3) is 0.607. The van der Waals surface area contributed by atoms with E-state index < -0.39 is 0 Å². The molecule has 1 aromatic heterocycles. The van der Waals surface area contributed by atoms with E-state index in [1.807, 2.05) is 9.58 Å². The molecule has 7 heteroatoms. The van der Waals surface area contributed by atoms with Crippen molar-refractivity contribution >= 4 is 17.5 Å². The van der Waals surface area contributed by atoms with E-state index in [4.69, 9.17) is 5.10 Å².